The fourth-order valence-electron chi connectivity index (χ4n) is 2.14. The third-order valence-electron chi connectivity index (χ3n) is 3.34. The minimum atomic E-state index is -0.798. The highest BCUT2D eigenvalue weighted by Gasteiger charge is 2.11. The molecule has 0 amide bonds. The lowest BCUT2D eigenvalue weighted by Gasteiger charge is -1.98. The van der Waals surface area contributed by atoms with Crippen molar-refractivity contribution in [1.29, 1.82) is 0 Å². The summed E-state index contributed by atoms with van der Waals surface area (Å²) in [5, 5.41) is 20.7. The van der Waals surface area contributed by atoms with Crippen molar-refractivity contribution < 1.29 is 14.4 Å². The molecule has 0 saturated carbocycles. The SMILES string of the molecule is O=c1oc2cc([N+](=O)[O-])ccc2nc1/C=C(O)/C=C/c1ccccc1. The summed E-state index contributed by atoms with van der Waals surface area (Å²) in [6.45, 7) is 0. The van der Waals surface area contributed by atoms with E-state index >= 15 is 0 Å². The molecule has 0 unspecified atom stereocenters. The van der Waals surface area contributed by atoms with Crippen molar-refractivity contribution in [2.75, 3.05) is 0 Å². The number of aliphatic hydroxyl groups excluding tert-OH is 1. The van der Waals surface area contributed by atoms with E-state index in [0.29, 0.717) is 0 Å². The zero-order valence-electron chi connectivity index (χ0n) is 12.8. The van der Waals surface area contributed by atoms with E-state index < -0.39 is 10.5 Å². The second kappa shape index (κ2) is 6.79. The van der Waals surface area contributed by atoms with Crippen LogP contribution in [0.25, 0.3) is 23.3 Å². The van der Waals surface area contributed by atoms with Crippen LogP contribution in [0.4, 0.5) is 5.69 Å². The Balaban J connectivity index is 1.94. The van der Waals surface area contributed by atoms with Gasteiger partial charge in [0.2, 0.25) is 0 Å². The Kier molecular flexibility index (Phi) is 4.38. The van der Waals surface area contributed by atoms with Crippen LogP contribution in [-0.2, 0) is 0 Å². The van der Waals surface area contributed by atoms with Gasteiger partial charge < -0.3 is 9.52 Å². The molecule has 0 bridgehead atoms. The van der Waals surface area contributed by atoms with Gasteiger partial charge in [0.25, 0.3) is 5.69 Å². The molecular weight excluding hydrogens is 324 g/mol. The normalized spacial score (nSPS) is 11.9. The van der Waals surface area contributed by atoms with Gasteiger partial charge in [-0.3, -0.25) is 10.1 Å². The number of benzene rings is 2. The average Bonchev–Trinajstić information content (AvgIpc) is 2.61. The molecule has 3 rings (SSSR count). The quantitative estimate of drug-likeness (QED) is 0.337. The number of allylic oxidation sites excluding steroid dienone is 1. The number of hydrogen-bond donors (Lipinski definition) is 1. The van der Waals surface area contributed by atoms with Crippen LogP contribution >= 0.6 is 0 Å². The van der Waals surface area contributed by atoms with Crippen LogP contribution in [0.1, 0.15) is 11.3 Å². The summed E-state index contributed by atoms with van der Waals surface area (Å²) >= 11 is 0. The number of non-ortho nitro benzene ring substituents is 1. The molecule has 1 heterocycles. The lowest BCUT2D eigenvalue weighted by atomic mass is 10.2. The fourth-order valence-corrected chi connectivity index (χ4v) is 2.14. The van der Waals surface area contributed by atoms with E-state index in [9.17, 15) is 20.0 Å². The van der Waals surface area contributed by atoms with E-state index in [1.807, 2.05) is 30.3 Å². The second-order valence-electron chi connectivity index (χ2n) is 5.11. The molecule has 25 heavy (non-hydrogen) atoms. The Hall–Kier alpha value is -3.74. The van der Waals surface area contributed by atoms with Crippen LogP contribution in [0.15, 0.2) is 69.6 Å². The van der Waals surface area contributed by atoms with Crippen LogP contribution in [0.3, 0.4) is 0 Å². The Morgan fingerprint density at radius 1 is 1.20 bits per heavy atom. The fraction of sp³-hybridized carbons (Fsp3) is 0. The van der Waals surface area contributed by atoms with Crippen molar-refractivity contribution in [2.45, 2.75) is 0 Å². The first-order valence-electron chi connectivity index (χ1n) is 7.26. The zero-order chi connectivity index (χ0) is 17.8. The van der Waals surface area contributed by atoms with Gasteiger partial charge in [-0.05, 0) is 17.7 Å². The predicted octanol–water partition coefficient (Wildman–Crippen LogP) is 3.71. The molecule has 0 fully saturated rings. The minimum Gasteiger partial charge on any atom is -0.508 e. The molecule has 0 spiro atoms. The van der Waals surface area contributed by atoms with E-state index in [4.69, 9.17) is 4.42 Å². The molecule has 0 aliphatic carbocycles. The zero-order valence-corrected chi connectivity index (χ0v) is 12.8. The number of rotatable bonds is 4. The number of nitro groups is 1. The summed E-state index contributed by atoms with van der Waals surface area (Å²) in [4.78, 5) is 26.2. The summed E-state index contributed by atoms with van der Waals surface area (Å²) < 4.78 is 5.04. The monoisotopic (exact) mass is 336 g/mol. The van der Waals surface area contributed by atoms with Gasteiger partial charge in [0.05, 0.1) is 11.0 Å². The summed E-state index contributed by atoms with van der Waals surface area (Å²) in [5.74, 6) is -0.176. The molecule has 3 aromatic rings. The minimum absolute atomic E-state index is 0.00988. The van der Waals surface area contributed by atoms with Crippen molar-refractivity contribution in [3.63, 3.8) is 0 Å². The number of nitro benzene ring substituents is 1. The van der Waals surface area contributed by atoms with Gasteiger partial charge >= 0.3 is 5.63 Å². The highest BCUT2D eigenvalue weighted by Crippen LogP contribution is 2.18. The van der Waals surface area contributed by atoms with Crippen LogP contribution < -0.4 is 5.63 Å². The molecule has 124 valence electrons. The molecular formula is C18H12N2O5. The van der Waals surface area contributed by atoms with E-state index in [1.165, 1.54) is 24.3 Å². The van der Waals surface area contributed by atoms with Crippen molar-refractivity contribution in [3.8, 4) is 0 Å². The maximum absolute atomic E-state index is 11.9. The Morgan fingerprint density at radius 3 is 2.68 bits per heavy atom. The molecule has 0 saturated heterocycles. The molecule has 1 aromatic heterocycles. The first kappa shape index (κ1) is 16.1. The van der Waals surface area contributed by atoms with Gasteiger partial charge in [-0.1, -0.05) is 36.4 Å². The third-order valence-corrected chi connectivity index (χ3v) is 3.34. The Labute approximate surface area is 141 Å². The first-order valence-corrected chi connectivity index (χ1v) is 7.26. The number of hydrogen-bond acceptors (Lipinski definition) is 6. The van der Waals surface area contributed by atoms with Crippen molar-refractivity contribution >= 4 is 28.9 Å². The van der Waals surface area contributed by atoms with E-state index in [1.54, 1.807) is 6.08 Å². The summed E-state index contributed by atoms with van der Waals surface area (Å²) in [6.07, 6.45) is 4.28. The topological polar surface area (TPSA) is 106 Å². The van der Waals surface area contributed by atoms with Crippen molar-refractivity contribution in [3.05, 3.63) is 92.2 Å². The molecule has 0 aliphatic heterocycles. The summed E-state index contributed by atoms with van der Waals surface area (Å²) in [6, 6.07) is 13.1. The Bertz CT molecular complexity index is 1050. The smallest absolute Gasteiger partial charge is 0.362 e. The van der Waals surface area contributed by atoms with Gasteiger partial charge in [-0.15, -0.1) is 0 Å². The third kappa shape index (κ3) is 3.78. The lowest BCUT2D eigenvalue weighted by Crippen LogP contribution is -2.06. The van der Waals surface area contributed by atoms with E-state index in [2.05, 4.69) is 4.98 Å². The highest BCUT2D eigenvalue weighted by atomic mass is 16.6. The molecule has 1 N–H and O–H groups in total. The van der Waals surface area contributed by atoms with Gasteiger partial charge in [0, 0.05) is 12.1 Å². The molecule has 0 atom stereocenters. The van der Waals surface area contributed by atoms with E-state index in [0.717, 1.165) is 11.6 Å². The number of aliphatic hydroxyl groups is 1. The lowest BCUT2D eigenvalue weighted by molar-refractivity contribution is -0.384. The van der Waals surface area contributed by atoms with Crippen LogP contribution in [0.5, 0.6) is 0 Å². The summed E-state index contributed by atoms with van der Waals surface area (Å²) in [7, 11) is 0. The average molecular weight is 336 g/mol. The molecule has 7 nitrogen and oxygen atoms in total. The maximum atomic E-state index is 11.9. The Morgan fingerprint density at radius 2 is 1.96 bits per heavy atom. The highest BCUT2D eigenvalue weighted by molar-refractivity contribution is 5.75. The molecule has 7 heteroatoms. The largest absolute Gasteiger partial charge is 0.508 e. The number of fused-ring (bicyclic) bond motifs is 1. The molecule has 0 radical (unpaired) electrons. The van der Waals surface area contributed by atoms with Crippen molar-refractivity contribution in [2.24, 2.45) is 0 Å². The van der Waals surface area contributed by atoms with Gasteiger partial charge in [-0.2, -0.15) is 0 Å². The summed E-state index contributed by atoms with van der Waals surface area (Å²) in [5.41, 5.74) is 0.0684. The van der Waals surface area contributed by atoms with Gasteiger partial charge in [-0.25, -0.2) is 9.78 Å². The standard InChI is InChI=1S/C18H12N2O5/c21-14(8-6-12-4-2-1-3-5-12)11-16-18(22)25-17-10-13(20(23)24)7-9-15(17)19-16/h1-11,21H/b8-6+,14-11-. The number of nitrogens with zero attached hydrogens (tertiary/aromatic N) is 2. The van der Waals surface area contributed by atoms with Gasteiger partial charge in [0.1, 0.15) is 11.3 Å². The number of aromatic nitrogens is 1. The van der Waals surface area contributed by atoms with Crippen molar-refractivity contribution in [1.82, 2.24) is 4.98 Å². The molecule has 0 aliphatic rings. The van der Waals surface area contributed by atoms with E-state index in [-0.39, 0.29) is 28.2 Å². The predicted molar refractivity (Wildman–Crippen MR) is 93.0 cm³/mol. The second-order valence-corrected chi connectivity index (χ2v) is 5.11. The van der Waals surface area contributed by atoms with Crippen LogP contribution in [-0.4, -0.2) is 15.0 Å². The molecule has 2 aromatic carbocycles. The van der Waals surface area contributed by atoms with Crippen LogP contribution in [0.2, 0.25) is 0 Å². The van der Waals surface area contributed by atoms with Gasteiger partial charge in [0.15, 0.2) is 11.3 Å². The van der Waals surface area contributed by atoms with Crippen LogP contribution in [0, 0.1) is 10.1 Å². The maximum Gasteiger partial charge on any atom is 0.362 e. The first-order chi connectivity index (χ1) is 12.0.